The molecule has 100 valence electrons. The maximum absolute atomic E-state index is 11.7. The topological polar surface area (TPSA) is 29.5 Å². The Balaban J connectivity index is 2.03. The van der Waals surface area contributed by atoms with Gasteiger partial charge in [0.25, 0.3) is 0 Å². The second kappa shape index (κ2) is 5.85. The first-order valence-electron chi connectivity index (χ1n) is 6.49. The molecule has 1 aliphatic carbocycles. The zero-order valence-electron chi connectivity index (χ0n) is 11.3. The Morgan fingerprint density at radius 1 is 1.56 bits per heavy atom. The Bertz CT molecular complexity index is 387. The van der Waals surface area contributed by atoms with Crippen LogP contribution in [0.25, 0.3) is 0 Å². The molecule has 0 amide bonds. The predicted molar refractivity (Wildman–Crippen MR) is 73.5 cm³/mol. The van der Waals surface area contributed by atoms with Gasteiger partial charge in [0.05, 0.1) is 13.0 Å². The lowest BCUT2D eigenvalue weighted by molar-refractivity contribution is -0.147. The van der Waals surface area contributed by atoms with E-state index in [4.69, 9.17) is 4.74 Å². The largest absolute Gasteiger partial charge is 0.469 e. The van der Waals surface area contributed by atoms with Crippen LogP contribution in [0.15, 0.2) is 17.5 Å². The van der Waals surface area contributed by atoms with Crippen molar-refractivity contribution in [2.75, 3.05) is 7.11 Å². The number of methoxy groups -OCH3 is 1. The number of hydrogen-bond acceptors (Lipinski definition) is 4. The maximum Gasteiger partial charge on any atom is 0.309 e. The summed E-state index contributed by atoms with van der Waals surface area (Å²) in [5.74, 6) is -0.185. The van der Waals surface area contributed by atoms with E-state index >= 15 is 0 Å². The minimum absolute atomic E-state index is 0.0736. The van der Waals surface area contributed by atoms with Gasteiger partial charge >= 0.3 is 5.97 Å². The van der Waals surface area contributed by atoms with Crippen LogP contribution < -0.4 is 0 Å². The first-order valence-corrected chi connectivity index (χ1v) is 7.37. The number of carbonyl (C=O) groups excluding carboxylic acids is 1. The summed E-state index contributed by atoms with van der Waals surface area (Å²) in [5.41, 5.74) is 0. The molecule has 1 heterocycles. The van der Waals surface area contributed by atoms with Crippen molar-refractivity contribution in [3.05, 3.63) is 22.4 Å². The van der Waals surface area contributed by atoms with Crippen LogP contribution in [0.2, 0.25) is 0 Å². The number of nitrogens with zero attached hydrogens (tertiary/aromatic N) is 1. The van der Waals surface area contributed by atoms with Crippen molar-refractivity contribution in [3.8, 4) is 0 Å². The average Bonchev–Trinajstić information content (AvgIpc) is 3.10. The first kappa shape index (κ1) is 13.6. The molecule has 2 atom stereocenters. The maximum atomic E-state index is 11.7. The second-order valence-corrected chi connectivity index (χ2v) is 6.07. The monoisotopic (exact) mass is 267 g/mol. The fraction of sp³-hybridized carbons (Fsp3) is 0.643. The highest BCUT2D eigenvalue weighted by molar-refractivity contribution is 7.09. The SMILES string of the molecule is COC(=O)C(C)C(C)N(Cc1cccs1)C1CC1. The van der Waals surface area contributed by atoms with Gasteiger partial charge < -0.3 is 4.74 Å². The van der Waals surface area contributed by atoms with E-state index in [1.807, 2.05) is 6.92 Å². The number of esters is 1. The lowest BCUT2D eigenvalue weighted by atomic mass is 10.0. The van der Waals surface area contributed by atoms with Crippen molar-refractivity contribution < 1.29 is 9.53 Å². The van der Waals surface area contributed by atoms with Crippen LogP contribution in [0.1, 0.15) is 31.6 Å². The van der Waals surface area contributed by atoms with E-state index < -0.39 is 0 Å². The van der Waals surface area contributed by atoms with Gasteiger partial charge in [0.15, 0.2) is 0 Å². The molecule has 2 unspecified atom stereocenters. The Labute approximate surface area is 113 Å². The highest BCUT2D eigenvalue weighted by Gasteiger charge is 2.36. The predicted octanol–water partition coefficient (Wildman–Crippen LogP) is 2.91. The summed E-state index contributed by atoms with van der Waals surface area (Å²) < 4.78 is 4.86. The van der Waals surface area contributed by atoms with Gasteiger partial charge in [-0.1, -0.05) is 13.0 Å². The summed E-state index contributed by atoms with van der Waals surface area (Å²) in [4.78, 5) is 15.5. The smallest absolute Gasteiger partial charge is 0.309 e. The molecule has 4 heteroatoms. The van der Waals surface area contributed by atoms with Crippen molar-refractivity contribution in [3.63, 3.8) is 0 Å². The number of carbonyl (C=O) groups is 1. The summed E-state index contributed by atoms with van der Waals surface area (Å²) in [7, 11) is 1.46. The molecule has 1 aromatic heterocycles. The van der Waals surface area contributed by atoms with Crippen LogP contribution in [0.3, 0.4) is 0 Å². The molecule has 0 aliphatic heterocycles. The molecule has 0 spiro atoms. The van der Waals surface area contributed by atoms with Crippen LogP contribution >= 0.6 is 11.3 Å². The molecule has 1 aromatic rings. The fourth-order valence-electron chi connectivity index (χ4n) is 2.26. The molecule has 18 heavy (non-hydrogen) atoms. The lowest BCUT2D eigenvalue weighted by Crippen LogP contribution is -2.41. The summed E-state index contributed by atoms with van der Waals surface area (Å²) >= 11 is 1.78. The standard InChI is InChI=1S/C14H21NO2S/c1-10(14(16)17-3)11(2)15(12-6-7-12)9-13-5-4-8-18-13/h4-5,8,10-12H,6-7,9H2,1-3H3. The van der Waals surface area contributed by atoms with E-state index in [9.17, 15) is 4.79 Å². The normalized spacial score (nSPS) is 18.7. The molecule has 0 bridgehead atoms. The van der Waals surface area contributed by atoms with E-state index in [1.165, 1.54) is 24.8 Å². The Hall–Kier alpha value is -0.870. The van der Waals surface area contributed by atoms with Crippen molar-refractivity contribution in [2.24, 2.45) is 5.92 Å². The molecule has 0 saturated heterocycles. The highest BCUT2D eigenvalue weighted by Crippen LogP contribution is 2.33. The molecule has 2 rings (SSSR count). The summed E-state index contributed by atoms with van der Waals surface area (Å²) in [5, 5.41) is 2.11. The van der Waals surface area contributed by atoms with Gasteiger partial charge in [-0.2, -0.15) is 0 Å². The lowest BCUT2D eigenvalue weighted by Gasteiger charge is -2.31. The molecule has 3 nitrogen and oxygen atoms in total. The molecule has 0 aromatic carbocycles. The van der Waals surface area contributed by atoms with Gasteiger partial charge in [0.2, 0.25) is 0 Å². The third-order valence-electron chi connectivity index (χ3n) is 3.75. The van der Waals surface area contributed by atoms with Crippen molar-refractivity contribution in [1.82, 2.24) is 4.90 Å². The van der Waals surface area contributed by atoms with Crippen LogP contribution in [0.5, 0.6) is 0 Å². The van der Waals surface area contributed by atoms with E-state index in [2.05, 4.69) is 29.3 Å². The third-order valence-corrected chi connectivity index (χ3v) is 4.62. The molecule has 1 aliphatic rings. The van der Waals surface area contributed by atoms with Gasteiger partial charge in [-0.05, 0) is 31.2 Å². The van der Waals surface area contributed by atoms with Crippen LogP contribution in [-0.2, 0) is 16.1 Å². The van der Waals surface area contributed by atoms with Crippen molar-refractivity contribution in [1.29, 1.82) is 0 Å². The molecule has 0 radical (unpaired) electrons. The number of hydrogen-bond donors (Lipinski definition) is 0. The van der Waals surface area contributed by atoms with E-state index in [0.717, 1.165) is 6.54 Å². The van der Waals surface area contributed by atoms with Crippen LogP contribution in [0, 0.1) is 5.92 Å². The zero-order chi connectivity index (χ0) is 13.1. The van der Waals surface area contributed by atoms with Gasteiger partial charge in [0, 0.05) is 23.5 Å². The number of thiophene rings is 1. The van der Waals surface area contributed by atoms with Gasteiger partial charge in [0.1, 0.15) is 0 Å². The molecule has 1 fully saturated rings. The average molecular weight is 267 g/mol. The van der Waals surface area contributed by atoms with E-state index in [1.54, 1.807) is 11.3 Å². The Morgan fingerprint density at radius 3 is 2.78 bits per heavy atom. The molecular formula is C14H21NO2S. The second-order valence-electron chi connectivity index (χ2n) is 5.04. The van der Waals surface area contributed by atoms with Gasteiger partial charge in [-0.25, -0.2) is 0 Å². The molecular weight excluding hydrogens is 246 g/mol. The van der Waals surface area contributed by atoms with E-state index in [-0.39, 0.29) is 17.9 Å². The molecule has 1 saturated carbocycles. The fourth-order valence-corrected chi connectivity index (χ4v) is 2.98. The Kier molecular flexibility index (Phi) is 4.40. The quantitative estimate of drug-likeness (QED) is 0.742. The molecule has 0 N–H and O–H groups in total. The third kappa shape index (κ3) is 3.12. The Morgan fingerprint density at radius 2 is 2.28 bits per heavy atom. The summed E-state index contributed by atoms with van der Waals surface area (Å²) in [6.07, 6.45) is 2.51. The van der Waals surface area contributed by atoms with Crippen LogP contribution in [-0.4, -0.2) is 30.1 Å². The zero-order valence-corrected chi connectivity index (χ0v) is 12.1. The van der Waals surface area contributed by atoms with Gasteiger partial charge in [-0.3, -0.25) is 9.69 Å². The summed E-state index contributed by atoms with van der Waals surface area (Å²) in [6, 6.07) is 5.12. The van der Waals surface area contributed by atoms with Crippen molar-refractivity contribution in [2.45, 2.75) is 45.3 Å². The van der Waals surface area contributed by atoms with E-state index in [0.29, 0.717) is 6.04 Å². The number of rotatable bonds is 6. The summed E-state index contributed by atoms with van der Waals surface area (Å²) in [6.45, 7) is 5.04. The highest BCUT2D eigenvalue weighted by atomic mass is 32.1. The van der Waals surface area contributed by atoms with Crippen molar-refractivity contribution >= 4 is 17.3 Å². The van der Waals surface area contributed by atoms with Crippen LogP contribution in [0.4, 0.5) is 0 Å². The minimum Gasteiger partial charge on any atom is -0.469 e. The number of ether oxygens (including phenoxy) is 1. The first-order chi connectivity index (χ1) is 8.63. The minimum atomic E-state index is -0.112. The van der Waals surface area contributed by atoms with Gasteiger partial charge in [-0.15, -0.1) is 11.3 Å².